The number of ether oxygens (including phenoxy) is 1. The van der Waals surface area contributed by atoms with Gasteiger partial charge in [0.2, 0.25) is 0 Å². The molecule has 108 valence electrons. The summed E-state index contributed by atoms with van der Waals surface area (Å²) in [6.45, 7) is 0.294. The van der Waals surface area contributed by atoms with E-state index in [4.69, 9.17) is 22.1 Å². The van der Waals surface area contributed by atoms with Gasteiger partial charge < -0.3 is 15.6 Å². The smallest absolute Gasteiger partial charge is 0.122 e. The zero-order valence-electron chi connectivity index (χ0n) is 10.8. The third-order valence-electron chi connectivity index (χ3n) is 3.14. The fraction of sp³-hybridized carbons (Fsp3) is 0.286. The van der Waals surface area contributed by atoms with Gasteiger partial charge in [0.05, 0.1) is 13.2 Å². The molecule has 0 bridgehead atoms. The number of rotatable bonds is 5. The van der Waals surface area contributed by atoms with Gasteiger partial charge in [-0.3, -0.25) is 0 Å². The van der Waals surface area contributed by atoms with Crippen LogP contribution in [0.1, 0.15) is 22.5 Å². The predicted octanol–water partition coefficient (Wildman–Crippen LogP) is 3.95. The largest absolute Gasteiger partial charge is 0.496 e. The van der Waals surface area contributed by atoms with Gasteiger partial charge in [-0.25, -0.2) is 0 Å². The Bertz CT molecular complexity index is 590. The first kappa shape index (κ1) is 15.8. The highest BCUT2D eigenvalue weighted by molar-refractivity contribution is 9.10. The van der Waals surface area contributed by atoms with Crippen LogP contribution in [0.3, 0.4) is 0 Å². The highest BCUT2D eigenvalue weighted by Crippen LogP contribution is 2.40. The first-order chi connectivity index (χ1) is 9.58. The van der Waals surface area contributed by atoms with E-state index in [1.165, 1.54) is 11.3 Å². The van der Waals surface area contributed by atoms with Crippen LogP contribution in [0.15, 0.2) is 34.1 Å². The van der Waals surface area contributed by atoms with Gasteiger partial charge in [0.25, 0.3) is 0 Å². The monoisotopic (exact) mass is 375 g/mol. The highest BCUT2D eigenvalue weighted by atomic mass is 79.9. The van der Waals surface area contributed by atoms with Crippen LogP contribution < -0.4 is 10.5 Å². The molecule has 0 spiro atoms. The molecule has 2 rings (SSSR count). The second-order valence-corrected chi connectivity index (χ2v) is 6.54. The summed E-state index contributed by atoms with van der Waals surface area (Å²) < 4.78 is 6.23. The first-order valence-corrected chi connectivity index (χ1v) is 8.08. The van der Waals surface area contributed by atoms with Crippen molar-refractivity contribution >= 4 is 38.9 Å². The topological polar surface area (TPSA) is 55.5 Å². The second kappa shape index (κ2) is 6.91. The summed E-state index contributed by atoms with van der Waals surface area (Å²) in [6, 6.07) is 7.25. The molecule has 2 unspecified atom stereocenters. The van der Waals surface area contributed by atoms with Crippen molar-refractivity contribution in [3.8, 4) is 5.75 Å². The number of methoxy groups -OCH3 is 1. The third kappa shape index (κ3) is 3.18. The summed E-state index contributed by atoms with van der Waals surface area (Å²) in [5.74, 6) is 0.398. The summed E-state index contributed by atoms with van der Waals surface area (Å²) in [5, 5.41) is 13.1. The standard InChI is InChI=1S/C14H15BrClNO2S/c1-19-12-3-2-8(16)6-9(12)10(7-17)13(18)14-11(15)4-5-20-14/h2-6,10,13,18H,7,17H2,1H3. The van der Waals surface area contributed by atoms with Gasteiger partial charge in [-0.2, -0.15) is 0 Å². The summed E-state index contributed by atoms with van der Waals surface area (Å²) in [4.78, 5) is 0.850. The lowest BCUT2D eigenvalue weighted by Crippen LogP contribution is -2.20. The maximum absolute atomic E-state index is 10.6. The molecule has 3 N–H and O–H groups in total. The molecule has 0 saturated carbocycles. The van der Waals surface area contributed by atoms with Crippen molar-refractivity contribution in [1.82, 2.24) is 0 Å². The van der Waals surface area contributed by atoms with Crippen LogP contribution in [0.25, 0.3) is 0 Å². The zero-order valence-corrected chi connectivity index (χ0v) is 14.0. The molecule has 0 saturated heterocycles. The number of hydrogen-bond donors (Lipinski definition) is 2. The molecular formula is C14H15BrClNO2S. The van der Waals surface area contributed by atoms with E-state index in [0.717, 1.165) is 14.9 Å². The van der Waals surface area contributed by atoms with Crippen LogP contribution in [0, 0.1) is 0 Å². The van der Waals surface area contributed by atoms with Crippen LogP contribution in [-0.4, -0.2) is 18.8 Å². The van der Waals surface area contributed by atoms with Gasteiger partial charge in [0.15, 0.2) is 0 Å². The SMILES string of the molecule is COc1ccc(Cl)cc1C(CN)C(O)c1sccc1Br. The Hall–Kier alpha value is -0.590. The fourth-order valence-corrected chi connectivity index (χ4v) is 3.96. The maximum Gasteiger partial charge on any atom is 0.122 e. The minimum atomic E-state index is -0.707. The fourth-order valence-electron chi connectivity index (χ4n) is 2.12. The Morgan fingerprint density at radius 2 is 2.20 bits per heavy atom. The normalized spacial score (nSPS) is 14.1. The lowest BCUT2D eigenvalue weighted by atomic mass is 9.91. The number of aliphatic hydroxyl groups excluding tert-OH is 1. The third-order valence-corrected chi connectivity index (χ3v) is 5.32. The molecule has 20 heavy (non-hydrogen) atoms. The van der Waals surface area contributed by atoms with Crippen molar-refractivity contribution in [2.45, 2.75) is 12.0 Å². The molecule has 1 aromatic carbocycles. The van der Waals surface area contributed by atoms with Crippen molar-refractivity contribution in [2.75, 3.05) is 13.7 Å². The van der Waals surface area contributed by atoms with E-state index < -0.39 is 6.10 Å². The predicted molar refractivity (Wildman–Crippen MR) is 86.8 cm³/mol. The first-order valence-electron chi connectivity index (χ1n) is 6.03. The van der Waals surface area contributed by atoms with Gasteiger partial charge >= 0.3 is 0 Å². The molecule has 0 aliphatic rings. The maximum atomic E-state index is 10.6. The van der Waals surface area contributed by atoms with Crippen molar-refractivity contribution in [2.24, 2.45) is 5.73 Å². The van der Waals surface area contributed by atoms with E-state index in [1.54, 1.807) is 25.3 Å². The molecule has 1 heterocycles. The summed E-state index contributed by atoms with van der Waals surface area (Å²) in [6.07, 6.45) is -0.707. The van der Waals surface area contributed by atoms with E-state index in [-0.39, 0.29) is 5.92 Å². The lowest BCUT2D eigenvalue weighted by molar-refractivity contribution is 0.149. The number of benzene rings is 1. The number of hydrogen-bond acceptors (Lipinski definition) is 4. The van der Waals surface area contributed by atoms with Gasteiger partial charge in [-0.1, -0.05) is 11.6 Å². The van der Waals surface area contributed by atoms with E-state index in [0.29, 0.717) is 17.3 Å². The number of thiophene rings is 1. The quantitative estimate of drug-likeness (QED) is 0.831. The molecule has 0 radical (unpaired) electrons. The Labute approximate surface area is 135 Å². The molecule has 3 nitrogen and oxygen atoms in total. The van der Waals surface area contributed by atoms with Gasteiger partial charge in [-0.15, -0.1) is 11.3 Å². The Kier molecular flexibility index (Phi) is 5.46. The molecule has 1 aromatic heterocycles. The van der Waals surface area contributed by atoms with Gasteiger partial charge in [0.1, 0.15) is 5.75 Å². The average molecular weight is 377 g/mol. The Morgan fingerprint density at radius 3 is 2.75 bits per heavy atom. The second-order valence-electron chi connectivity index (χ2n) is 4.31. The Balaban J connectivity index is 2.42. The van der Waals surface area contributed by atoms with E-state index in [9.17, 15) is 5.11 Å². The molecule has 0 fully saturated rings. The highest BCUT2D eigenvalue weighted by Gasteiger charge is 2.27. The number of halogens is 2. The van der Waals surface area contributed by atoms with E-state index in [2.05, 4.69) is 15.9 Å². The van der Waals surface area contributed by atoms with Crippen molar-refractivity contribution in [3.63, 3.8) is 0 Å². The van der Waals surface area contributed by atoms with Gasteiger partial charge in [0, 0.05) is 32.4 Å². The molecular weight excluding hydrogens is 362 g/mol. The number of nitrogens with two attached hydrogens (primary N) is 1. The van der Waals surface area contributed by atoms with Crippen molar-refractivity contribution in [3.05, 3.63) is 49.6 Å². The van der Waals surface area contributed by atoms with Crippen LogP contribution in [-0.2, 0) is 0 Å². The van der Waals surface area contributed by atoms with Crippen LogP contribution >= 0.6 is 38.9 Å². The van der Waals surface area contributed by atoms with Crippen molar-refractivity contribution < 1.29 is 9.84 Å². The van der Waals surface area contributed by atoms with Crippen LogP contribution in [0.2, 0.25) is 5.02 Å². The van der Waals surface area contributed by atoms with Crippen LogP contribution in [0.5, 0.6) is 5.75 Å². The summed E-state index contributed by atoms with van der Waals surface area (Å²) >= 11 is 11.0. The van der Waals surface area contributed by atoms with E-state index >= 15 is 0 Å². The van der Waals surface area contributed by atoms with E-state index in [1.807, 2.05) is 11.4 Å². The lowest BCUT2D eigenvalue weighted by Gasteiger charge is -2.23. The van der Waals surface area contributed by atoms with Gasteiger partial charge in [-0.05, 0) is 45.6 Å². The Morgan fingerprint density at radius 1 is 1.45 bits per heavy atom. The molecule has 2 atom stereocenters. The zero-order chi connectivity index (χ0) is 14.7. The molecule has 6 heteroatoms. The van der Waals surface area contributed by atoms with Crippen LogP contribution in [0.4, 0.5) is 0 Å². The number of aliphatic hydroxyl groups is 1. The molecule has 0 aliphatic heterocycles. The minimum Gasteiger partial charge on any atom is -0.496 e. The van der Waals surface area contributed by atoms with Crippen molar-refractivity contribution in [1.29, 1.82) is 0 Å². The average Bonchev–Trinajstić information content (AvgIpc) is 2.86. The summed E-state index contributed by atoms with van der Waals surface area (Å²) in [5.41, 5.74) is 6.68. The molecule has 0 aliphatic carbocycles. The molecule has 0 amide bonds. The summed E-state index contributed by atoms with van der Waals surface area (Å²) in [7, 11) is 1.59. The molecule has 2 aromatic rings. The minimum absolute atomic E-state index is 0.279.